The van der Waals surface area contributed by atoms with Crippen LogP contribution in [0, 0.1) is 11.5 Å². The lowest BCUT2D eigenvalue weighted by Gasteiger charge is -2.37. The summed E-state index contributed by atoms with van der Waals surface area (Å²) in [6.45, 7) is 13.7. The first-order chi connectivity index (χ1) is 10.3. The summed E-state index contributed by atoms with van der Waals surface area (Å²) in [5, 5.41) is 0. The highest BCUT2D eigenvalue weighted by molar-refractivity contribution is 6.90. The van der Waals surface area contributed by atoms with E-state index >= 15 is 0 Å². The molecular formula is C19H28O2Si. The van der Waals surface area contributed by atoms with Crippen LogP contribution in [0.3, 0.4) is 0 Å². The van der Waals surface area contributed by atoms with Crippen LogP contribution in [-0.4, -0.2) is 14.0 Å². The van der Waals surface area contributed by atoms with E-state index in [1.54, 1.807) is 0 Å². The Labute approximate surface area is 136 Å². The summed E-state index contributed by atoms with van der Waals surface area (Å²) in [4.78, 5) is 12.0. The maximum atomic E-state index is 12.0. The van der Waals surface area contributed by atoms with E-state index < -0.39 is 14.0 Å². The maximum Gasteiger partial charge on any atom is 0.384 e. The predicted molar refractivity (Wildman–Crippen MR) is 95.1 cm³/mol. The minimum Gasteiger partial charge on any atom is -0.451 e. The third-order valence-electron chi connectivity index (χ3n) is 4.46. The Hall–Kier alpha value is -1.53. The Morgan fingerprint density at radius 1 is 1.00 bits per heavy atom. The normalized spacial score (nSPS) is 11.5. The first-order valence-corrected chi connectivity index (χ1v) is 10.3. The fraction of sp³-hybridized carbons (Fsp3) is 0.526. The van der Waals surface area contributed by atoms with E-state index in [9.17, 15) is 4.79 Å². The number of hydrogen-bond donors (Lipinski definition) is 0. The Morgan fingerprint density at radius 2 is 1.50 bits per heavy atom. The zero-order valence-corrected chi connectivity index (χ0v) is 15.6. The van der Waals surface area contributed by atoms with Gasteiger partial charge < -0.3 is 4.74 Å². The van der Waals surface area contributed by atoms with Crippen LogP contribution in [0.4, 0.5) is 0 Å². The molecular weight excluding hydrogens is 288 g/mol. The minimum absolute atomic E-state index is 0.286. The van der Waals surface area contributed by atoms with Crippen molar-refractivity contribution in [3.8, 4) is 11.5 Å². The Kier molecular flexibility index (Phi) is 6.89. The van der Waals surface area contributed by atoms with Gasteiger partial charge in [-0.2, -0.15) is 0 Å². The molecule has 0 N–H and O–H groups in total. The van der Waals surface area contributed by atoms with E-state index in [1.807, 2.05) is 30.3 Å². The van der Waals surface area contributed by atoms with Gasteiger partial charge in [-0.25, -0.2) is 4.79 Å². The van der Waals surface area contributed by atoms with E-state index in [1.165, 1.54) is 0 Å². The molecule has 1 aromatic rings. The van der Waals surface area contributed by atoms with Crippen molar-refractivity contribution in [3.05, 3.63) is 35.9 Å². The lowest BCUT2D eigenvalue weighted by atomic mass is 10.2. The molecule has 0 unspecified atom stereocenters. The quantitative estimate of drug-likeness (QED) is 0.436. The number of carbonyl (C=O) groups excluding carboxylic acids is 1. The zero-order chi connectivity index (χ0) is 16.8. The Morgan fingerprint density at radius 3 is 1.95 bits per heavy atom. The van der Waals surface area contributed by atoms with E-state index in [4.69, 9.17) is 4.74 Å². The van der Waals surface area contributed by atoms with Gasteiger partial charge in [-0.1, -0.05) is 71.9 Å². The van der Waals surface area contributed by atoms with Gasteiger partial charge in [-0.15, -0.1) is 5.54 Å². The van der Waals surface area contributed by atoms with Crippen molar-refractivity contribution in [3.63, 3.8) is 0 Å². The molecule has 0 saturated heterocycles. The monoisotopic (exact) mass is 316 g/mol. The van der Waals surface area contributed by atoms with Crippen LogP contribution in [-0.2, 0) is 16.1 Å². The Bertz CT molecular complexity index is 514. The van der Waals surface area contributed by atoms with Gasteiger partial charge in [0, 0.05) is 5.92 Å². The molecule has 22 heavy (non-hydrogen) atoms. The molecule has 2 nitrogen and oxygen atoms in total. The molecule has 0 atom stereocenters. The van der Waals surface area contributed by atoms with Crippen molar-refractivity contribution in [1.82, 2.24) is 0 Å². The number of benzene rings is 1. The second-order valence-corrected chi connectivity index (χ2v) is 12.3. The molecule has 0 spiro atoms. The molecule has 0 aromatic heterocycles. The summed E-state index contributed by atoms with van der Waals surface area (Å²) in [5.41, 5.74) is 5.91. The molecule has 0 bridgehead atoms. The van der Waals surface area contributed by atoms with Crippen molar-refractivity contribution in [2.24, 2.45) is 0 Å². The molecule has 0 fully saturated rings. The zero-order valence-electron chi connectivity index (χ0n) is 14.6. The van der Waals surface area contributed by atoms with Crippen molar-refractivity contribution in [2.45, 2.75) is 64.8 Å². The van der Waals surface area contributed by atoms with Crippen molar-refractivity contribution < 1.29 is 9.53 Å². The maximum absolute atomic E-state index is 12.0. The van der Waals surface area contributed by atoms with Crippen LogP contribution in [0.5, 0.6) is 0 Å². The molecule has 3 heteroatoms. The smallest absolute Gasteiger partial charge is 0.384 e. The average Bonchev–Trinajstić information content (AvgIpc) is 2.45. The van der Waals surface area contributed by atoms with Crippen LogP contribution < -0.4 is 0 Å². The van der Waals surface area contributed by atoms with Crippen LogP contribution in [0.15, 0.2) is 30.3 Å². The number of carbonyl (C=O) groups is 1. The summed E-state index contributed by atoms with van der Waals surface area (Å²) >= 11 is 0. The molecule has 0 saturated carbocycles. The van der Waals surface area contributed by atoms with Gasteiger partial charge in [0.2, 0.25) is 0 Å². The van der Waals surface area contributed by atoms with Crippen LogP contribution in [0.1, 0.15) is 47.1 Å². The lowest BCUT2D eigenvalue weighted by molar-refractivity contribution is -0.137. The SMILES string of the molecule is CC(C)[Si](C#CC(=O)OCc1ccccc1)(C(C)C)C(C)C. The number of esters is 1. The summed E-state index contributed by atoms with van der Waals surface area (Å²) in [5.74, 6) is 2.37. The fourth-order valence-corrected chi connectivity index (χ4v) is 8.54. The largest absolute Gasteiger partial charge is 0.451 e. The van der Waals surface area contributed by atoms with Gasteiger partial charge in [0.05, 0.1) is 0 Å². The predicted octanol–water partition coefficient (Wildman–Crippen LogP) is 4.95. The minimum atomic E-state index is -1.86. The van der Waals surface area contributed by atoms with E-state index in [0.29, 0.717) is 16.6 Å². The Balaban J connectivity index is 2.82. The highest BCUT2D eigenvalue weighted by Crippen LogP contribution is 2.40. The van der Waals surface area contributed by atoms with E-state index in [-0.39, 0.29) is 6.61 Å². The van der Waals surface area contributed by atoms with Gasteiger partial charge in [-0.3, -0.25) is 0 Å². The molecule has 120 valence electrons. The first-order valence-electron chi connectivity index (χ1n) is 8.04. The number of hydrogen-bond acceptors (Lipinski definition) is 2. The van der Waals surface area contributed by atoms with Crippen molar-refractivity contribution >= 4 is 14.0 Å². The number of ether oxygens (including phenoxy) is 1. The lowest BCUT2D eigenvalue weighted by Crippen LogP contribution is -2.43. The van der Waals surface area contributed by atoms with Crippen molar-refractivity contribution in [2.75, 3.05) is 0 Å². The molecule has 0 aliphatic heterocycles. The first kappa shape index (κ1) is 18.5. The van der Waals surface area contributed by atoms with Gasteiger partial charge in [-0.05, 0) is 22.2 Å². The topological polar surface area (TPSA) is 26.3 Å². The highest BCUT2D eigenvalue weighted by atomic mass is 28.3. The standard InChI is InChI=1S/C19H28O2Si/c1-15(2)22(16(3)4,17(5)6)13-12-19(20)21-14-18-10-8-7-9-11-18/h7-11,15-17H,14H2,1-6H3. The molecule has 0 heterocycles. The molecule has 1 rings (SSSR count). The molecule has 0 aliphatic carbocycles. The van der Waals surface area contributed by atoms with E-state index in [2.05, 4.69) is 53.0 Å². The average molecular weight is 317 g/mol. The molecule has 0 radical (unpaired) electrons. The third kappa shape index (κ3) is 4.48. The second kappa shape index (κ2) is 8.19. The molecule has 1 aromatic carbocycles. The fourth-order valence-electron chi connectivity index (χ4n) is 3.35. The van der Waals surface area contributed by atoms with Crippen LogP contribution in [0.2, 0.25) is 16.6 Å². The van der Waals surface area contributed by atoms with Crippen LogP contribution >= 0.6 is 0 Å². The summed E-state index contributed by atoms with van der Waals surface area (Å²) < 4.78 is 5.27. The second-order valence-electron chi connectivity index (χ2n) is 6.71. The highest BCUT2D eigenvalue weighted by Gasteiger charge is 2.41. The van der Waals surface area contributed by atoms with E-state index in [0.717, 1.165) is 5.56 Å². The number of rotatable bonds is 5. The van der Waals surface area contributed by atoms with Gasteiger partial charge in [0.15, 0.2) is 0 Å². The third-order valence-corrected chi connectivity index (χ3v) is 10.7. The molecule has 0 amide bonds. The van der Waals surface area contributed by atoms with Crippen molar-refractivity contribution in [1.29, 1.82) is 0 Å². The summed E-state index contributed by atoms with van der Waals surface area (Å²) in [7, 11) is -1.86. The van der Waals surface area contributed by atoms with Gasteiger partial charge in [0.1, 0.15) is 14.7 Å². The summed E-state index contributed by atoms with van der Waals surface area (Å²) in [6.07, 6.45) is 0. The van der Waals surface area contributed by atoms with Crippen LogP contribution in [0.25, 0.3) is 0 Å². The summed E-state index contributed by atoms with van der Waals surface area (Å²) in [6, 6.07) is 9.69. The van der Waals surface area contributed by atoms with Gasteiger partial charge >= 0.3 is 5.97 Å². The van der Waals surface area contributed by atoms with Gasteiger partial charge in [0.25, 0.3) is 0 Å². The molecule has 0 aliphatic rings.